The maximum absolute atomic E-state index is 3.64. The molecule has 13 heavy (non-hydrogen) atoms. The Labute approximate surface area is 81.6 Å². The summed E-state index contributed by atoms with van der Waals surface area (Å²) in [5.41, 5.74) is 1.60. The summed E-state index contributed by atoms with van der Waals surface area (Å²) in [6, 6.07) is 0.876. The Morgan fingerprint density at radius 2 is 2.23 bits per heavy atom. The fourth-order valence-electron chi connectivity index (χ4n) is 2.46. The number of hydrogen-bond acceptors (Lipinski definition) is 1. The van der Waals surface area contributed by atoms with Gasteiger partial charge in [-0.2, -0.15) is 0 Å². The molecule has 1 N–H and O–H groups in total. The average molecular weight is 179 g/mol. The SMILES string of the molecule is CC1=CC(C)CC(CNC2CC2)C1. The van der Waals surface area contributed by atoms with Crippen molar-refractivity contribution >= 4 is 0 Å². The minimum absolute atomic E-state index is 0.805. The van der Waals surface area contributed by atoms with Crippen molar-refractivity contribution in [3.05, 3.63) is 11.6 Å². The van der Waals surface area contributed by atoms with Crippen molar-refractivity contribution in [1.29, 1.82) is 0 Å². The normalized spacial score (nSPS) is 34.5. The molecule has 2 rings (SSSR count). The molecule has 0 aromatic rings. The Kier molecular flexibility index (Phi) is 2.73. The third-order valence-corrected chi connectivity index (χ3v) is 3.16. The van der Waals surface area contributed by atoms with E-state index in [-0.39, 0.29) is 0 Å². The average Bonchev–Trinajstić information content (AvgIpc) is 2.81. The predicted octanol–water partition coefficient (Wildman–Crippen LogP) is 2.73. The Bertz CT molecular complexity index is 203. The van der Waals surface area contributed by atoms with E-state index in [0.717, 1.165) is 17.9 Å². The lowest BCUT2D eigenvalue weighted by molar-refractivity contribution is 0.380. The van der Waals surface area contributed by atoms with Crippen LogP contribution in [-0.2, 0) is 0 Å². The summed E-state index contributed by atoms with van der Waals surface area (Å²) in [4.78, 5) is 0. The summed E-state index contributed by atoms with van der Waals surface area (Å²) in [6.45, 7) is 5.87. The van der Waals surface area contributed by atoms with Gasteiger partial charge < -0.3 is 5.32 Å². The molecule has 1 saturated carbocycles. The van der Waals surface area contributed by atoms with Crippen LogP contribution in [0.2, 0.25) is 0 Å². The second-order valence-corrected chi connectivity index (χ2v) is 4.98. The zero-order valence-corrected chi connectivity index (χ0v) is 8.84. The third-order valence-electron chi connectivity index (χ3n) is 3.16. The Morgan fingerprint density at radius 3 is 2.85 bits per heavy atom. The van der Waals surface area contributed by atoms with Gasteiger partial charge in [0.15, 0.2) is 0 Å². The predicted molar refractivity (Wildman–Crippen MR) is 56.7 cm³/mol. The number of hydrogen-bond donors (Lipinski definition) is 1. The van der Waals surface area contributed by atoms with E-state index < -0.39 is 0 Å². The van der Waals surface area contributed by atoms with Crippen LogP contribution >= 0.6 is 0 Å². The molecule has 0 aromatic carbocycles. The third kappa shape index (κ3) is 2.84. The summed E-state index contributed by atoms with van der Waals surface area (Å²) in [5.74, 6) is 1.71. The maximum Gasteiger partial charge on any atom is 0.00683 e. The van der Waals surface area contributed by atoms with Gasteiger partial charge in [-0.1, -0.05) is 18.6 Å². The highest BCUT2D eigenvalue weighted by molar-refractivity contribution is 5.06. The van der Waals surface area contributed by atoms with Gasteiger partial charge in [-0.3, -0.25) is 0 Å². The first kappa shape index (κ1) is 9.26. The first-order valence-electron chi connectivity index (χ1n) is 5.64. The van der Waals surface area contributed by atoms with E-state index in [4.69, 9.17) is 0 Å². The molecule has 2 aliphatic rings. The molecule has 1 nitrogen and oxygen atoms in total. The molecule has 74 valence electrons. The quantitative estimate of drug-likeness (QED) is 0.657. The van der Waals surface area contributed by atoms with Crippen molar-refractivity contribution in [3.8, 4) is 0 Å². The molecule has 0 spiro atoms. The molecule has 0 bridgehead atoms. The van der Waals surface area contributed by atoms with Crippen LogP contribution in [-0.4, -0.2) is 12.6 Å². The van der Waals surface area contributed by atoms with E-state index in [1.54, 1.807) is 5.57 Å². The number of allylic oxidation sites excluding steroid dienone is 2. The smallest absolute Gasteiger partial charge is 0.00683 e. The summed E-state index contributed by atoms with van der Waals surface area (Å²) in [5, 5.41) is 3.64. The van der Waals surface area contributed by atoms with Crippen molar-refractivity contribution < 1.29 is 0 Å². The zero-order chi connectivity index (χ0) is 9.26. The molecule has 0 radical (unpaired) electrons. The fourth-order valence-corrected chi connectivity index (χ4v) is 2.46. The highest BCUT2D eigenvalue weighted by Gasteiger charge is 2.23. The molecule has 1 heteroatoms. The van der Waals surface area contributed by atoms with Crippen LogP contribution in [0.25, 0.3) is 0 Å². The Morgan fingerprint density at radius 1 is 1.46 bits per heavy atom. The minimum Gasteiger partial charge on any atom is -0.314 e. The first-order valence-corrected chi connectivity index (χ1v) is 5.64. The largest absolute Gasteiger partial charge is 0.314 e. The zero-order valence-electron chi connectivity index (χ0n) is 8.84. The molecule has 0 amide bonds. The molecular formula is C12H21N. The Hall–Kier alpha value is -0.300. The van der Waals surface area contributed by atoms with Gasteiger partial charge in [-0.05, 0) is 51.0 Å². The van der Waals surface area contributed by atoms with Gasteiger partial charge in [0.05, 0.1) is 0 Å². The molecule has 0 saturated heterocycles. The van der Waals surface area contributed by atoms with Crippen LogP contribution in [0.1, 0.15) is 39.5 Å². The first-order chi connectivity index (χ1) is 6.24. The van der Waals surface area contributed by atoms with E-state index in [9.17, 15) is 0 Å². The lowest BCUT2D eigenvalue weighted by Crippen LogP contribution is -2.27. The van der Waals surface area contributed by atoms with Crippen molar-refractivity contribution in [2.75, 3.05) is 6.54 Å². The topological polar surface area (TPSA) is 12.0 Å². The summed E-state index contributed by atoms with van der Waals surface area (Å²) in [7, 11) is 0. The van der Waals surface area contributed by atoms with Crippen LogP contribution in [0, 0.1) is 11.8 Å². The second-order valence-electron chi connectivity index (χ2n) is 4.98. The van der Waals surface area contributed by atoms with Gasteiger partial charge in [0, 0.05) is 6.04 Å². The van der Waals surface area contributed by atoms with Crippen molar-refractivity contribution in [1.82, 2.24) is 5.32 Å². The lowest BCUT2D eigenvalue weighted by Gasteiger charge is -2.25. The standard InChI is InChI=1S/C12H21N/c1-9-5-10(2)7-11(6-9)8-13-12-3-4-12/h5,9,11-13H,3-4,6-8H2,1-2H3. The molecule has 2 unspecified atom stereocenters. The van der Waals surface area contributed by atoms with Crippen LogP contribution in [0.4, 0.5) is 0 Å². The fraction of sp³-hybridized carbons (Fsp3) is 0.833. The van der Waals surface area contributed by atoms with Crippen LogP contribution in [0.15, 0.2) is 11.6 Å². The Balaban J connectivity index is 1.76. The number of nitrogens with one attached hydrogen (secondary N) is 1. The molecule has 0 heterocycles. The van der Waals surface area contributed by atoms with Gasteiger partial charge in [0.25, 0.3) is 0 Å². The summed E-state index contributed by atoms with van der Waals surface area (Å²) >= 11 is 0. The van der Waals surface area contributed by atoms with E-state index >= 15 is 0 Å². The van der Waals surface area contributed by atoms with Crippen molar-refractivity contribution in [2.45, 2.75) is 45.6 Å². The summed E-state index contributed by atoms with van der Waals surface area (Å²) < 4.78 is 0. The molecule has 2 atom stereocenters. The van der Waals surface area contributed by atoms with E-state index in [2.05, 4.69) is 25.2 Å². The molecule has 1 fully saturated rings. The van der Waals surface area contributed by atoms with E-state index in [0.29, 0.717) is 0 Å². The van der Waals surface area contributed by atoms with Gasteiger partial charge in [0.1, 0.15) is 0 Å². The highest BCUT2D eigenvalue weighted by Crippen LogP contribution is 2.28. The molecule has 0 aliphatic heterocycles. The van der Waals surface area contributed by atoms with Gasteiger partial charge >= 0.3 is 0 Å². The summed E-state index contributed by atoms with van der Waals surface area (Å²) in [6.07, 6.45) is 7.98. The van der Waals surface area contributed by atoms with Crippen LogP contribution < -0.4 is 5.32 Å². The van der Waals surface area contributed by atoms with Crippen molar-refractivity contribution in [3.63, 3.8) is 0 Å². The molecular weight excluding hydrogens is 158 g/mol. The number of rotatable bonds is 3. The minimum atomic E-state index is 0.805. The van der Waals surface area contributed by atoms with Gasteiger partial charge in [-0.15, -0.1) is 0 Å². The second kappa shape index (κ2) is 3.83. The molecule has 2 aliphatic carbocycles. The van der Waals surface area contributed by atoms with Gasteiger partial charge in [-0.25, -0.2) is 0 Å². The molecule has 0 aromatic heterocycles. The van der Waals surface area contributed by atoms with Crippen molar-refractivity contribution in [2.24, 2.45) is 11.8 Å². The lowest BCUT2D eigenvalue weighted by atomic mass is 9.84. The highest BCUT2D eigenvalue weighted by atomic mass is 14.9. The maximum atomic E-state index is 3.64. The van der Waals surface area contributed by atoms with Crippen LogP contribution in [0.5, 0.6) is 0 Å². The monoisotopic (exact) mass is 179 g/mol. The van der Waals surface area contributed by atoms with Crippen LogP contribution in [0.3, 0.4) is 0 Å². The van der Waals surface area contributed by atoms with Gasteiger partial charge in [0.2, 0.25) is 0 Å². The van der Waals surface area contributed by atoms with E-state index in [1.165, 1.54) is 32.2 Å². The van der Waals surface area contributed by atoms with E-state index in [1.807, 2.05) is 0 Å².